The largest absolute Gasteiger partial charge is 0.468 e. The molecule has 1 heterocycles. The molecule has 1 aliphatic heterocycles. The van der Waals surface area contributed by atoms with Gasteiger partial charge in [-0.05, 0) is 20.8 Å². The van der Waals surface area contributed by atoms with Gasteiger partial charge >= 0.3 is 5.97 Å². The van der Waals surface area contributed by atoms with E-state index < -0.39 is 0 Å². The number of nitrogens with zero attached hydrogens (tertiary/aromatic N) is 2. The number of piperazine rings is 1. The highest BCUT2D eigenvalue weighted by Gasteiger charge is 2.39. The SMILES string of the molecule is COC(=O)C1CN(C(C)=O)CCN1C(C)(C)C. The number of rotatable bonds is 1. The molecule has 5 heteroatoms. The van der Waals surface area contributed by atoms with Gasteiger partial charge in [-0.2, -0.15) is 0 Å². The summed E-state index contributed by atoms with van der Waals surface area (Å²) in [6.07, 6.45) is 0. The summed E-state index contributed by atoms with van der Waals surface area (Å²) in [7, 11) is 1.38. The lowest BCUT2D eigenvalue weighted by Crippen LogP contribution is -2.62. The van der Waals surface area contributed by atoms with Crippen LogP contribution in [0.15, 0.2) is 0 Å². The zero-order valence-electron chi connectivity index (χ0n) is 11.3. The van der Waals surface area contributed by atoms with E-state index in [9.17, 15) is 9.59 Å². The van der Waals surface area contributed by atoms with Crippen molar-refractivity contribution < 1.29 is 14.3 Å². The van der Waals surface area contributed by atoms with Crippen LogP contribution in [0.4, 0.5) is 0 Å². The van der Waals surface area contributed by atoms with Gasteiger partial charge in [0.25, 0.3) is 0 Å². The maximum atomic E-state index is 11.8. The van der Waals surface area contributed by atoms with Gasteiger partial charge in [-0.3, -0.25) is 14.5 Å². The number of methoxy groups -OCH3 is 1. The molecule has 1 saturated heterocycles. The molecule has 1 unspecified atom stereocenters. The minimum absolute atomic E-state index is 0.00691. The Morgan fingerprint density at radius 1 is 1.24 bits per heavy atom. The molecule has 98 valence electrons. The minimum atomic E-state index is -0.363. The molecule has 0 aromatic carbocycles. The molecule has 1 fully saturated rings. The van der Waals surface area contributed by atoms with Gasteiger partial charge in [0.2, 0.25) is 5.91 Å². The number of hydrogen-bond donors (Lipinski definition) is 0. The van der Waals surface area contributed by atoms with Gasteiger partial charge in [0.05, 0.1) is 7.11 Å². The Bertz CT molecular complexity index is 309. The van der Waals surface area contributed by atoms with Gasteiger partial charge in [-0.25, -0.2) is 0 Å². The quantitative estimate of drug-likeness (QED) is 0.628. The normalized spacial score (nSPS) is 22.4. The van der Waals surface area contributed by atoms with Crippen molar-refractivity contribution in [2.45, 2.75) is 39.3 Å². The predicted molar refractivity (Wildman–Crippen MR) is 64.5 cm³/mol. The Morgan fingerprint density at radius 3 is 2.24 bits per heavy atom. The summed E-state index contributed by atoms with van der Waals surface area (Å²) in [6.45, 7) is 9.49. The van der Waals surface area contributed by atoms with Gasteiger partial charge in [-0.15, -0.1) is 0 Å². The number of amides is 1. The zero-order valence-corrected chi connectivity index (χ0v) is 11.3. The minimum Gasteiger partial charge on any atom is -0.468 e. The van der Waals surface area contributed by atoms with Crippen molar-refractivity contribution in [3.63, 3.8) is 0 Å². The summed E-state index contributed by atoms with van der Waals surface area (Å²) in [5.41, 5.74) is -0.109. The molecule has 0 spiro atoms. The lowest BCUT2D eigenvalue weighted by Gasteiger charge is -2.46. The molecular weight excluding hydrogens is 220 g/mol. The second kappa shape index (κ2) is 5.04. The average molecular weight is 242 g/mol. The monoisotopic (exact) mass is 242 g/mol. The van der Waals surface area contributed by atoms with Crippen molar-refractivity contribution in [2.75, 3.05) is 26.7 Å². The van der Waals surface area contributed by atoms with Crippen molar-refractivity contribution in [3.05, 3.63) is 0 Å². The second-order valence-corrected chi connectivity index (χ2v) is 5.37. The molecule has 0 aliphatic carbocycles. The van der Waals surface area contributed by atoms with Crippen LogP contribution in [0.3, 0.4) is 0 Å². The van der Waals surface area contributed by atoms with Gasteiger partial charge in [0, 0.05) is 32.1 Å². The Balaban J connectivity index is 2.87. The van der Waals surface area contributed by atoms with Gasteiger partial charge in [0.15, 0.2) is 0 Å². The summed E-state index contributed by atoms with van der Waals surface area (Å²) in [6, 6.07) is -0.363. The van der Waals surface area contributed by atoms with Crippen LogP contribution in [0, 0.1) is 0 Å². The van der Waals surface area contributed by atoms with Crippen molar-refractivity contribution in [3.8, 4) is 0 Å². The van der Waals surface area contributed by atoms with Crippen LogP contribution in [0.25, 0.3) is 0 Å². The van der Waals surface area contributed by atoms with E-state index in [-0.39, 0.29) is 23.5 Å². The van der Waals surface area contributed by atoms with Crippen molar-refractivity contribution in [1.29, 1.82) is 0 Å². The Hall–Kier alpha value is -1.10. The fraction of sp³-hybridized carbons (Fsp3) is 0.833. The van der Waals surface area contributed by atoms with E-state index in [1.54, 1.807) is 4.90 Å². The number of carbonyl (C=O) groups is 2. The first-order valence-electron chi connectivity index (χ1n) is 5.87. The number of hydrogen-bond acceptors (Lipinski definition) is 4. The Kier molecular flexibility index (Phi) is 4.14. The highest BCUT2D eigenvalue weighted by molar-refractivity contribution is 5.79. The third-order valence-electron chi connectivity index (χ3n) is 3.16. The first kappa shape index (κ1) is 14.0. The first-order chi connectivity index (χ1) is 7.77. The molecule has 0 bridgehead atoms. The van der Waals surface area contributed by atoms with Gasteiger partial charge in [-0.1, -0.05) is 0 Å². The van der Waals surface area contributed by atoms with E-state index in [1.165, 1.54) is 14.0 Å². The van der Waals surface area contributed by atoms with Crippen LogP contribution in [0.1, 0.15) is 27.7 Å². The standard InChI is InChI=1S/C12H22N2O3/c1-9(15)13-6-7-14(12(2,3)4)10(8-13)11(16)17-5/h10H,6-8H2,1-5H3. The molecule has 17 heavy (non-hydrogen) atoms. The van der Waals surface area contributed by atoms with Crippen LogP contribution in [-0.4, -0.2) is 60.0 Å². The Labute approximate surface area is 103 Å². The number of esters is 1. The van der Waals surface area contributed by atoms with E-state index in [0.717, 1.165) is 0 Å². The maximum absolute atomic E-state index is 11.8. The highest BCUT2D eigenvalue weighted by atomic mass is 16.5. The predicted octanol–water partition coefficient (Wildman–Crippen LogP) is 0.491. The molecule has 5 nitrogen and oxygen atoms in total. The zero-order chi connectivity index (χ0) is 13.2. The van der Waals surface area contributed by atoms with E-state index in [1.807, 2.05) is 0 Å². The third kappa shape index (κ3) is 3.19. The third-order valence-corrected chi connectivity index (χ3v) is 3.16. The molecule has 1 amide bonds. The molecule has 1 rings (SSSR count). The van der Waals surface area contributed by atoms with E-state index in [4.69, 9.17) is 4.74 Å². The van der Waals surface area contributed by atoms with Crippen LogP contribution in [0.2, 0.25) is 0 Å². The fourth-order valence-electron chi connectivity index (χ4n) is 2.21. The maximum Gasteiger partial charge on any atom is 0.324 e. The number of carbonyl (C=O) groups excluding carboxylic acids is 2. The molecule has 0 saturated carbocycles. The fourth-order valence-corrected chi connectivity index (χ4v) is 2.21. The second-order valence-electron chi connectivity index (χ2n) is 5.37. The average Bonchev–Trinajstić information content (AvgIpc) is 2.25. The lowest BCUT2D eigenvalue weighted by atomic mass is 10.00. The van der Waals surface area contributed by atoms with Crippen molar-refractivity contribution in [2.24, 2.45) is 0 Å². The van der Waals surface area contributed by atoms with E-state index in [0.29, 0.717) is 19.6 Å². The van der Waals surface area contributed by atoms with E-state index in [2.05, 4.69) is 25.7 Å². The Morgan fingerprint density at radius 2 is 1.82 bits per heavy atom. The molecule has 0 N–H and O–H groups in total. The van der Waals surface area contributed by atoms with Crippen LogP contribution in [-0.2, 0) is 14.3 Å². The summed E-state index contributed by atoms with van der Waals surface area (Å²) < 4.78 is 4.82. The summed E-state index contributed by atoms with van der Waals surface area (Å²) in [5.74, 6) is -0.265. The summed E-state index contributed by atoms with van der Waals surface area (Å²) >= 11 is 0. The van der Waals surface area contributed by atoms with E-state index >= 15 is 0 Å². The molecule has 1 aliphatic rings. The van der Waals surface area contributed by atoms with Crippen LogP contribution >= 0.6 is 0 Å². The molecule has 1 atom stereocenters. The first-order valence-corrected chi connectivity index (χ1v) is 5.87. The summed E-state index contributed by atoms with van der Waals surface area (Å²) in [5, 5.41) is 0. The van der Waals surface area contributed by atoms with Crippen LogP contribution < -0.4 is 0 Å². The van der Waals surface area contributed by atoms with Crippen LogP contribution in [0.5, 0.6) is 0 Å². The lowest BCUT2D eigenvalue weighted by molar-refractivity contribution is -0.154. The highest BCUT2D eigenvalue weighted by Crippen LogP contribution is 2.21. The van der Waals surface area contributed by atoms with Crippen molar-refractivity contribution in [1.82, 2.24) is 9.80 Å². The van der Waals surface area contributed by atoms with Gasteiger partial charge < -0.3 is 9.64 Å². The smallest absolute Gasteiger partial charge is 0.324 e. The topological polar surface area (TPSA) is 49.9 Å². The molecular formula is C12H22N2O3. The number of ether oxygens (including phenoxy) is 1. The summed E-state index contributed by atoms with van der Waals surface area (Å²) in [4.78, 5) is 27.0. The molecule has 0 aromatic heterocycles. The molecule has 0 radical (unpaired) electrons. The molecule has 0 aromatic rings. The van der Waals surface area contributed by atoms with Gasteiger partial charge in [0.1, 0.15) is 6.04 Å². The van der Waals surface area contributed by atoms with Crippen molar-refractivity contribution >= 4 is 11.9 Å².